The summed E-state index contributed by atoms with van der Waals surface area (Å²) in [5, 5.41) is 10.6. The summed E-state index contributed by atoms with van der Waals surface area (Å²) in [5.41, 5.74) is 0. The highest BCUT2D eigenvalue weighted by Crippen LogP contribution is 2.45. The molecule has 0 aromatic carbocycles. The Hall–Kier alpha value is -1.94. The van der Waals surface area contributed by atoms with Crippen LogP contribution in [0.2, 0.25) is 0 Å². The van der Waals surface area contributed by atoms with Crippen LogP contribution in [0.3, 0.4) is 0 Å². The zero-order valence-electron chi connectivity index (χ0n) is 63.7. The molecule has 0 spiro atoms. The summed E-state index contributed by atoms with van der Waals surface area (Å²) in [6, 6.07) is 0. The van der Waals surface area contributed by atoms with Crippen LogP contribution < -0.4 is 0 Å². The van der Waals surface area contributed by atoms with Crippen LogP contribution in [0.4, 0.5) is 0 Å². The molecule has 0 heterocycles. The quantitative estimate of drug-likeness (QED) is 0.0222. The maximum atomic E-state index is 13.1. The van der Waals surface area contributed by atoms with Gasteiger partial charge in [0.2, 0.25) is 0 Å². The lowest BCUT2D eigenvalue weighted by Crippen LogP contribution is -2.30. The molecule has 576 valence electrons. The smallest absolute Gasteiger partial charge is 0.462 e. The molecule has 0 bridgehead atoms. The molecule has 5 atom stereocenters. The number of aliphatic hydroxyl groups is 1. The van der Waals surface area contributed by atoms with Crippen molar-refractivity contribution in [2.45, 2.75) is 414 Å². The second-order valence-electron chi connectivity index (χ2n) is 30.0. The predicted molar refractivity (Wildman–Crippen MR) is 395 cm³/mol. The molecule has 0 amide bonds. The Kier molecular flexibility index (Phi) is 65.9. The molecule has 3 unspecified atom stereocenters. The molecule has 0 aromatic rings. The van der Waals surface area contributed by atoms with Crippen LogP contribution in [0.5, 0.6) is 0 Å². The number of carbonyl (C=O) groups excluding carboxylic acids is 4. The number of esters is 4. The van der Waals surface area contributed by atoms with E-state index in [2.05, 4.69) is 55.4 Å². The van der Waals surface area contributed by atoms with Gasteiger partial charge in [-0.1, -0.05) is 344 Å². The van der Waals surface area contributed by atoms with Gasteiger partial charge in [-0.05, 0) is 49.4 Å². The summed E-state index contributed by atoms with van der Waals surface area (Å²) in [6.45, 7) is 14.2. The molecule has 0 aliphatic heterocycles. The van der Waals surface area contributed by atoms with Gasteiger partial charge in [-0.25, -0.2) is 9.13 Å². The molecule has 97 heavy (non-hydrogen) atoms. The van der Waals surface area contributed by atoms with Gasteiger partial charge in [0.05, 0.1) is 26.4 Å². The van der Waals surface area contributed by atoms with Gasteiger partial charge in [-0.2, -0.15) is 0 Å². The minimum absolute atomic E-state index is 0.106. The van der Waals surface area contributed by atoms with Crippen molar-refractivity contribution in [3.8, 4) is 0 Å². The lowest BCUT2D eigenvalue weighted by atomic mass is 10.0. The summed E-state index contributed by atoms with van der Waals surface area (Å²) in [7, 11) is -9.92. The van der Waals surface area contributed by atoms with Crippen molar-refractivity contribution < 1.29 is 80.2 Å². The first-order valence-electron chi connectivity index (χ1n) is 40.2. The highest BCUT2D eigenvalue weighted by Gasteiger charge is 2.30. The third-order valence-electron chi connectivity index (χ3n) is 18.1. The van der Waals surface area contributed by atoms with E-state index in [4.69, 9.17) is 37.0 Å². The number of aliphatic hydroxyl groups excluding tert-OH is 1. The van der Waals surface area contributed by atoms with Crippen LogP contribution in [0.25, 0.3) is 0 Å². The van der Waals surface area contributed by atoms with Crippen LogP contribution in [0.1, 0.15) is 396 Å². The van der Waals surface area contributed by atoms with Crippen molar-refractivity contribution in [3.63, 3.8) is 0 Å². The van der Waals surface area contributed by atoms with Gasteiger partial charge in [0.15, 0.2) is 12.2 Å². The first-order chi connectivity index (χ1) is 46.6. The number of phosphoric ester groups is 2. The van der Waals surface area contributed by atoms with E-state index in [-0.39, 0.29) is 25.7 Å². The maximum absolute atomic E-state index is 13.1. The first-order valence-corrected chi connectivity index (χ1v) is 43.2. The summed E-state index contributed by atoms with van der Waals surface area (Å²) >= 11 is 0. The number of phosphoric acid groups is 2. The van der Waals surface area contributed by atoms with Gasteiger partial charge < -0.3 is 33.8 Å². The first kappa shape index (κ1) is 95.1. The normalized spacial score (nSPS) is 14.1. The van der Waals surface area contributed by atoms with Crippen LogP contribution in [0, 0.1) is 23.7 Å². The number of rotatable bonds is 75. The molecule has 0 aromatic heterocycles. The van der Waals surface area contributed by atoms with E-state index >= 15 is 0 Å². The number of hydrogen-bond acceptors (Lipinski definition) is 15. The number of hydrogen-bond donors (Lipinski definition) is 3. The minimum Gasteiger partial charge on any atom is -0.462 e. The van der Waals surface area contributed by atoms with Crippen molar-refractivity contribution in [3.05, 3.63) is 0 Å². The Balaban J connectivity index is 5.22. The van der Waals surface area contributed by atoms with Gasteiger partial charge >= 0.3 is 39.5 Å². The van der Waals surface area contributed by atoms with Crippen molar-refractivity contribution in [2.24, 2.45) is 23.7 Å². The molecule has 3 N–H and O–H groups in total. The Labute approximate surface area is 594 Å². The standard InChI is InChI=1S/C78H152O17P2/c1-68(2)54-46-38-30-24-18-13-10-9-11-15-22-28-34-44-52-60-77(82)95-74(65-89-76(81)59-51-43-37-36-41-49-57-71(7)8)67-93-97(86,87)91-63-72(79)62-90-96(84,85)92-66-73(94-78(83)61-53-45-35-29-23-17-20-26-32-40-48-56-70(5)6)64-88-75(80)58-50-42-33-27-21-16-12-14-19-25-31-39-47-55-69(3)4/h68-74,79H,9-67H2,1-8H3,(H,84,85)(H,86,87)/t72?,73-,74-/m1/s1. The van der Waals surface area contributed by atoms with Gasteiger partial charge in [0.1, 0.15) is 19.3 Å². The van der Waals surface area contributed by atoms with E-state index in [1.807, 2.05) is 0 Å². The lowest BCUT2D eigenvalue weighted by Gasteiger charge is -2.21. The van der Waals surface area contributed by atoms with Gasteiger partial charge in [-0.15, -0.1) is 0 Å². The fourth-order valence-corrected chi connectivity index (χ4v) is 13.5. The fraction of sp³-hybridized carbons (Fsp3) is 0.949. The van der Waals surface area contributed by atoms with E-state index in [9.17, 15) is 43.2 Å². The average Bonchev–Trinajstić information content (AvgIpc) is 1.12. The van der Waals surface area contributed by atoms with E-state index < -0.39 is 97.5 Å². The molecular weight excluding hydrogens is 1270 g/mol. The van der Waals surface area contributed by atoms with E-state index in [1.54, 1.807) is 0 Å². The zero-order valence-corrected chi connectivity index (χ0v) is 65.5. The molecule has 19 heteroatoms. The van der Waals surface area contributed by atoms with Crippen molar-refractivity contribution in [2.75, 3.05) is 39.6 Å². The lowest BCUT2D eigenvalue weighted by molar-refractivity contribution is -0.161. The van der Waals surface area contributed by atoms with Crippen molar-refractivity contribution in [1.82, 2.24) is 0 Å². The second-order valence-corrected chi connectivity index (χ2v) is 32.9. The Bertz CT molecular complexity index is 1900. The molecule has 0 aliphatic rings. The van der Waals surface area contributed by atoms with Crippen LogP contribution >= 0.6 is 15.6 Å². The number of unbranched alkanes of at least 4 members (excludes halogenated alkanes) is 41. The minimum atomic E-state index is -4.96. The van der Waals surface area contributed by atoms with Crippen LogP contribution in [-0.4, -0.2) is 96.7 Å². The molecular formula is C78H152O17P2. The topological polar surface area (TPSA) is 237 Å². The van der Waals surface area contributed by atoms with Crippen LogP contribution in [0.15, 0.2) is 0 Å². The third kappa shape index (κ3) is 72.2. The van der Waals surface area contributed by atoms with E-state index in [1.165, 1.54) is 193 Å². The molecule has 0 aliphatic carbocycles. The van der Waals surface area contributed by atoms with Crippen molar-refractivity contribution in [1.29, 1.82) is 0 Å². The Morgan fingerprint density at radius 1 is 0.258 bits per heavy atom. The molecule has 0 radical (unpaired) electrons. The van der Waals surface area contributed by atoms with Crippen molar-refractivity contribution >= 4 is 39.5 Å². The predicted octanol–water partition coefficient (Wildman–Crippen LogP) is 22.8. The molecule has 0 saturated heterocycles. The molecule has 17 nitrogen and oxygen atoms in total. The van der Waals surface area contributed by atoms with Gasteiger partial charge in [0.25, 0.3) is 0 Å². The second kappa shape index (κ2) is 67.2. The number of ether oxygens (including phenoxy) is 4. The van der Waals surface area contributed by atoms with Crippen LogP contribution in [-0.2, 0) is 65.4 Å². The van der Waals surface area contributed by atoms with E-state index in [0.29, 0.717) is 31.6 Å². The highest BCUT2D eigenvalue weighted by molar-refractivity contribution is 7.47. The average molecular weight is 1420 g/mol. The van der Waals surface area contributed by atoms with Gasteiger partial charge in [-0.3, -0.25) is 37.3 Å². The largest absolute Gasteiger partial charge is 0.472 e. The SMILES string of the molecule is CC(C)CCCCCCCCCCCCCCCCCC(=O)O[C@H](COC(=O)CCCCCCCCC(C)C)COP(=O)(O)OCC(O)COP(=O)(O)OC[C@@H](COC(=O)CCCCCCCCCCCCCCCC(C)C)OC(=O)CCCCCCCCCCCCCC(C)C. The van der Waals surface area contributed by atoms with E-state index in [0.717, 1.165) is 114 Å². The molecule has 0 fully saturated rings. The fourth-order valence-electron chi connectivity index (χ4n) is 11.9. The Morgan fingerprint density at radius 3 is 0.639 bits per heavy atom. The van der Waals surface area contributed by atoms with Gasteiger partial charge in [0, 0.05) is 25.7 Å². The number of carbonyl (C=O) groups is 4. The monoisotopic (exact) mass is 1420 g/mol. The summed E-state index contributed by atoms with van der Waals surface area (Å²) in [6.07, 6.45) is 52.9. The Morgan fingerprint density at radius 2 is 0.433 bits per heavy atom. The summed E-state index contributed by atoms with van der Waals surface area (Å²) < 4.78 is 68.6. The maximum Gasteiger partial charge on any atom is 0.472 e. The summed E-state index contributed by atoms with van der Waals surface area (Å²) in [4.78, 5) is 72.9. The summed E-state index contributed by atoms with van der Waals surface area (Å²) in [5.74, 6) is 0.919. The molecule has 0 saturated carbocycles. The zero-order chi connectivity index (χ0) is 71.7. The third-order valence-corrected chi connectivity index (χ3v) is 20.0. The highest BCUT2D eigenvalue weighted by atomic mass is 31.2. The molecule has 0 rings (SSSR count).